The van der Waals surface area contributed by atoms with Gasteiger partial charge in [-0.05, 0) is 59.8 Å². The largest absolute Gasteiger partial charge is 0.274 e. The van der Waals surface area contributed by atoms with Crippen LogP contribution in [0.25, 0.3) is 0 Å². The number of hydrogen-bond donors (Lipinski definition) is 0. The van der Waals surface area contributed by atoms with Crippen molar-refractivity contribution in [2.75, 3.05) is 4.90 Å². The second kappa shape index (κ2) is 4.19. The third-order valence-corrected chi connectivity index (χ3v) is 4.58. The lowest BCUT2D eigenvalue weighted by Gasteiger charge is -2.30. The monoisotopic (exact) mass is 307 g/mol. The van der Waals surface area contributed by atoms with Crippen LogP contribution in [0.5, 0.6) is 0 Å². The number of carbonyl (C=O) groups is 2. The summed E-state index contributed by atoms with van der Waals surface area (Å²) in [7, 11) is 0. The van der Waals surface area contributed by atoms with E-state index in [0.717, 1.165) is 29.3 Å². The van der Waals surface area contributed by atoms with Gasteiger partial charge in [-0.2, -0.15) is 0 Å². The highest BCUT2D eigenvalue weighted by Gasteiger charge is 2.46. The second-order valence-corrected chi connectivity index (χ2v) is 6.03. The number of anilines is 1. The predicted octanol–water partition coefficient (Wildman–Crippen LogP) is 3.05. The number of rotatable bonds is 1. The summed E-state index contributed by atoms with van der Waals surface area (Å²) in [6, 6.07) is 5.74. The Morgan fingerprint density at radius 1 is 1.17 bits per heavy atom. The van der Waals surface area contributed by atoms with Crippen LogP contribution >= 0.6 is 15.9 Å². The van der Waals surface area contributed by atoms with E-state index in [1.54, 1.807) is 0 Å². The summed E-state index contributed by atoms with van der Waals surface area (Å²) in [5.41, 5.74) is 1.74. The quantitative estimate of drug-likeness (QED) is 0.748. The molecule has 2 aliphatic rings. The molecule has 4 heteroatoms. The third kappa shape index (κ3) is 1.70. The first-order chi connectivity index (χ1) is 8.58. The van der Waals surface area contributed by atoms with Crippen LogP contribution < -0.4 is 4.90 Å². The summed E-state index contributed by atoms with van der Waals surface area (Å²) in [6.07, 6.45) is 2.46. The number of amides is 2. The number of aryl methyl sites for hydroxylation is 1. The summed E-state index contributed by atoms with van der Waals surface area (Å²) < 4.78 is 0.802. The number of halogens is 1. The maximum atomic E-state index is 12.3. The van der Waals surface area contributed by atoms with Crippen molar-refractivity contribution in [1.82, 2.24) is 0 Å². The average molecular weight is 308 g/mol. The molecule has 18 heavy (non-hydrogen) atoms. The molecule has 2 fully saturated rings. The van der Waals surface area contributed by atoms with Gasteiger partial charge < -0.3 is 0 Å². The van der Waals surface area contributed by atoms with Gasteiger partial charge in [-0.25, -0.2) is 4.90 Å². The van der Waals surface area contributed by atoms with Crippen LogP contribution in [0.2, 0.25) is 0 Å². The predicted molar refractivity (Wildman–Crippen MR) is 72.2 cm³/mol. The smallest absolute Gasteiger partial charge is 0.236 e. The number of hydrogen-bond acceptors (Lipinski definition) is 2. The van der Waals surface area contributed by atoms with Gasteiger partial charge in [0, 0.05) is 16.3 Å². The molecule has 1 saturated heterocycles. The molecule has 1 aromatic carbocycles. The van der Waals surface area contributed by atoms with Gasteiger partial charge in [-0.1, -0.05) is 6.07 Å². The Labute approximate surface area is 114 Å². The van der Waals surface area contributed by atoms with E-state index in [0.29, 0.717) is 5.69 Å². The van der Waals surface area contributed by atoms with Gasteiger partial charge in [-0.3, -0.25) is 9.59 Å². The van der Waals surface area contributed by atoms with Crippen molar-refractivity contribution >= 4 is 33.4 Å². The normalized spacial score (nSPS) is 26.9. The third-order valence-electron chi connectivity index (χ3n) is 3.91. The minimum Gasteiger partial charge on any atom is -0.274 e. The fraction of sp³-hybridized carbons (Fsp3) is 0.429. The molecule has 94 valence electrons. The molecular formula is C14H14BrNO2. The molecule has 0 aromatic heterocycles. The Morgan fingerprint density at radius 3 is 2.39 bits per heavy atom. The zero-order valence-electron chi connectivity index (χ0n) is 10.1. The molecule has 0 spiro atoms. The lowest BCUT2D eigenvalue weighted by Crippen LogP contribution is -2.46. The summed E-state index contributed by atoms with van der Waals surface area (Å²) in [4.78, 5) is 26.1. The standard InChI is InChI=1S/C14H14BrNO2/c1-8-2-5-11(15)12(6-8)16-13(17)9-3-4-10(7-9)14(16)18/h2,5-6,9-10H,3-4,7H2,1H3. The van der Waals surface area contributed by atoms with Gasteiger partial charge in [0.25, 0.3) is 0 Å². The Morgan fingerprint density at radius 2 is 1.78 bits per heavy atom. The van der Waals surface area contributed by atoms with Gasteiger partial charge >= 0.3 is 0 Å². The van der Waals surface area contributed by atoms with Crippen LogP contribution in [-0.4, -0.2) is 11.8 Å². The molecule has 2 unspecified atom stereocenters. The van der Waals surface area contributed by atoms with E-state index in [9.17, 15) is 9.59 Å². The van der Waals surface area contributed by atoms with Crippen molar-refractivity contribution in [1.29, 1.82) is 0 Å². The fourth-order valence-corrected chi connectivity index (χ4v) is 3.36. The highest BCUT2D eigenvalue weighted by Crippen LogP contribution is 2.41. The Kier molecular flexibility index (Phi) is 2.77. The van der Waals surface area contributed by atoms with E-state index in [1.807, 2.05) is 25.1 Å². The number of carbonyl (C=O) groups excluding carboxylic acids is 2. The highest BCUT2D eigenvalue weighted by molar-refractivity contribution is 9.10. The van der Waals surface area contributed by atoms with Gasteiger partial charge in [0.15, 0.2) is 0 Å². The van der Waals surface area contributed by atoms with Crippen LogP contribution in [0.3, 0.4) is 0 Å². The van der Waals surface area contributed by atoms with Crippen LogP contribution in [-0.2, 0) is 9.59 Å². The van der Waals surface area contributed by atoms with Gasteiger partial charge in [0.05, 0.1) is 5.69 Å². The van der Waals surface area contributed by atoms with Crippen molar-refractivity contribution in [2.24, 2.45) is 11.8 Å². The van der Waals surface area contributed by atoms with E-state index in [4.69, 9.17) is 0 Å². The first kappa shape index (κ1) is 11.9. The molecule has 0 radical (unpaired) electrons. The number of nitrogens with zero attached hydrogens (tertiary/aromatic N) is 1. The Bertz CT molecular complexity index is 519. The molecule has 1 aromatic rings. The van der Waals surface area contributed by atoms with Gasteiger partial charge in [-0.15, -0.1) is 0 Å². The van der Waals surface area contributed by atoms with Crippen molar-refractivity contribution in [3.05, 3.63) is 28.2 Å². The van der Waals surface area contributed by atoms with Crippen molar-refractivity contribution < 1.29 is 9.59 Å². The van der Waals surface area contributed by atoms with E-state index >= 15 is 0 Å². The first-order valence-corrected chi connectivity index (χ1v) is 7.01. The van der Waals surface area contributed by atoms with E-state index in [1.165, 1.54) is 4.90 Å². The summed E-state index contributed by atoms with van der Waals surface area (Å²) in [5, 5.41) is 0. The first-order valence-electron chi connectivity index (χ1n) is 6.22. The lowest BCUT2D eigenvalue weighted by molar-refractivity contribution is -0.133. The van der Waals surface area contributed by atoms with Gasteiger partial charge in [0.2, 0.25) is 11.8 Å². The van der Waals surface area contributed by atoms with E-state index in [2.05, 4.69) is 15.9 Å². The maximum absolute atomic E-state index is 12.3. The molecule has 3 rings (SSSR count). The van der Waals surface area contributed by atoms with Gasteiger partial charge in [0.1, 0.15) is 0 Å². The number of piperidine rings is 1. The lowest BCUT2D eigenvalue weighted by atomic mass is 9.96. The molecule has 1 aliphatic carbocycles. The minimum atomic E-state index is -0.0277. The zero-order chi connectivity index (χ0) is 12.9. The molecule has 2 atom stereocenters. The second-order valence-electron chi connectivity index (χ2n) is 5.17. The minimum absolute atomic E-state index is 0.0277. The SMILES string of the molecule is Cc1ccc(Br)c(N2C(=O)C3CCC(C3)C2=O)c1. The molecule has 2 amide bonds. The molecule has 1 saturated carbocycles. The summed E-state index contributed by atoms with van der Waals surface area (Å²) in [5.74, 6) is 0.0281. The topological polar surface area (TPSA) is 37.4 Å². The van der Waals surface area contributed by atoms with Crippen LogP contribution in [0.1, 0.15) is 24.8 Å². The molecule has 1 aliphatic heterocycles. The van der Waals surface area contributed by atoms with Crippen LogP contribution in [0.15, 0.2) is 22.7 Å². The van der Waals surface area contributed by atoms with Crippen molar-refractivity contribution in [3.8, 4) is 0 Å². The van der Waals surface area contributed by atoms with E-state index in [-0.39, 0.29) is 23.7 Å². The number of benzene rings is 1. The fourth-order valence-electron chi connectivity index (χ4n) is 2.94. The van der Waals surface area contributed by atoms with Crippen molar-refractivity contribution in [2.45, 2.75) is 26.2 Å². The van der Waals surface area contributed by atoms with E-state index < -0.39 is 0 Å². The molecule has 0 N–H and O–H groups in total. The van der Waals surface area contributed by atoms with Crippen LogP contribution in [0, 0.1) is 18.8 Å². The van der Waals surface area contributed by atoms with Crippen LogP contribution in [0.4, 0.5) is 5.69 Å². The molecule has 3 nitrogen and oxygen atoms in total. The molecule has 2 bridgehead atoms. The summed E-state index contributed by atoms with van der Waals surface area (Å²) >= 11 is 3.44. The highest BCUT2D eigenvalue weighted by atomic mass is 79.9. The zero-order valence-corrected chi connectivity index (χ0v) is 11.7. The maximum Gasteiger partial charge on any atom is 0.236 e. The Hall–Kier alpha value is -1.16. The molecular weight excluding hydrogens is 294 g/mol. The number of fused-ring (bicyclic) bond motifs is 2. The average Bonchev–Trinajstić information content (AvgIpc) is 2.78. The van der Waals surface area contributed by atoms with Crippen molar-refractivity contribution in [3.63, 3.8) is 0 Å². The Balaban J connectivity index is 2.07. The number of imide groups is 1. The summed E-state index contributed by atoms with van der Waals surface area (Å²) in [6.45, 7) is 1.96. The molecule has 1 heterocycles.